The lowest BCUT2D eigenvalue weighted by Gasteiger charge is -2.34. The summed E-state index contributed by atoms with van der Waals surface area (Å²) in [4.78, 5) is 27.2. The van der Waals surface area contributed by atoms with Crippen LogP contribution in [0.1, 0.15) is 25.8 Å². The highest BCUT2D eigenvalue weighted by molar-refractivity contribution is 5.91. The van der Waals surface area contributed by atoms with E-state index >= 15 is 0 Å². The topological polar surface area (TPSA) is 78.7 Å². The summed E-state index contributed by atoms with van der Waals surface area (Å²) < 4.78 is 0. The Hall–Kier alpha value is -1.63. The summed E-state index contributed by atoms with van der Waals surface area (Å²) in [5.41, 5.74) is 7.61. The number of hydrogen-bond donors (Lipinski definition) is 2. The molecular weight excluding hydrogens is 328 g/mol. The second kappa shape index (κ2) is 9.61. The van der Waals surface area contributed by atoms with Crippen LogP contribution >= 0.6 is 12.4 Å². The molecule has 2 rings (SSSR count). The Kier molecular flexibility index (Phi) is 8.18. The maximum atomic E-state index is 11.7. The van der Waals surface area contributed by atoms with E-state index in [1.54, 1.807) is 6.92 Å². The van der Waals surface area contributed by atoms with Gasteiger partial charge in [-0.1, -0.05) is 12.1 Å². The second-order valence-electron chi connectivity index (χ2n) is 6.21. The van der Waals surface area contributed by atoms with E-state index in [-0.39, 0.29) is 30.3 Å². The Labute approximate surface area is 149 Å². The number of piperazine rings is 1. The number of nitrogens with zero attached hydrogens (tertiary/aromatic N) is 2. The van der Waals surface area contributed by atoms with E-state index in [0.717, 1.165) is 38.4 Å². The molecule has 0 aliphatic carbocycles. The van der Waals surface area contributed by atoms with Gasteiger partial charge in [-0.25, -0.2) is 0 Å². The fourth-order valence-corrected chi connectivity index (χ4v) is 2.68. The van der Waals surface area contributed by atoms with E-state index in [2.05, 4.69) is 10.2 Å². The molecule has 3 N–H and O–H groups in total. The molecule has 0 aromatic heterocycles. The number of nitrogens with one attached hydrogen (secondary N) is 1. The van der Waals surface area contributed by atoms with Crippen molar-refractivity contribution in [3.8, 4) is 0 Å². The van der Waals surface area contributed by atoms with Gasteiger partial charge in [0.15, 0.2) is 0 Å². The number of carbonyl (C=O) groups excluding carboxylic acids is 2. The van der Waals surface area contributed by atoms with Gasteiger partial charge >= 0.3 is 0 Å². The Balaban J connectivity index is 0.00000288. The summed E-state index contributed by atoms with van der Waals surface area (Å²) in [6.07, 6.45) is 0.322. The van der Waals surface area contributed by atoms with Crippen molar-refractivity contribution >= 4 is 29.9 Å². The van der Waals surface area contributed by atoms with Gasteiger partial charge in [-0.2, -0.15) is 0 Å². The van der Waals surface area contributed by atoms with Crippen LogP contribution in [0.5, 0.6) is 0 Å². The number of halogens is 1. The van der Waals surface area contributed by atoms with E-state index in [0.29, 0.717) is 6.42 Å². The van der Waals surface area contributed by atoms with Gasteiger partial charge in [0.25, 0.3) is 0 Å². The maximum absolute atomic E-state index is 11.7. The molecule has 1 saturated heterocycles. The van der Waals surface area contributed by atoms with Crippen molar-refractivity contribution in [2.24, 2.45) is 5.73 Å². The fraction of sp³-hybridized carbons (Fsp3) is 0.529. The highest BCUT2D eigenvalue weighted by Gasteiger charge is 2.18. The van der Waals surface area contributed by atoms with Crippen molar-refractivity contribution in [1.29, 1.82) is 0 Å². The fourth-order valence-electron chi connectivity index (χ4n) is 2.68. The van der Waals surface area contributed by atoms with Crippen LogP contribution in [-0.4, -0.2) is 53.8 Å². The molecule has 0 spiro atoms. The van der Waals surface area contributed by atoms with Crippen molar-refractivity contribution in [2.75, 3.05) is 31.5 Å². The van der Waals surface area contributed by atoms with Crippen LogP contribution in [0.2, 0.25) is 0 Å². The van der Waals surface area contributed by atoms with Crippen LogP contribution in [0.4, 0.5) is 5.69 Å². The van der Waals surface area contributed by atoms with E-state index in [1.165, 1.54) is 5.56 Å². The van der Waals surface area contributed by atoms with Gasteiger partial charge in [0.2, 0.25) is 11.8 Å². The Morgan fingerprint density at radius 2 is 1.75 bits per heavy atom. The molecule has 1 atom stereocenters. The highest BCUT2D eigenvalue weighted by atomic mass is 35.5. The zero-order valence-electron chi connectivity index (χ0n) is 14.3. The summed E-state index contributed by atoms with van der Waals surface area (Å²) in [7, 11) is 0. The largest absolute Gasteiger partial charge is 0.340 e. The van der Waals surface area contributed by atoms with Crippen molar-refractivity contribution in [1.82, 2.24) is 9.80 Å². The maximum Gasteiger partial charge on any atom is 0.225 e. The number of rotatable bonds is 5. The quantitative estimate of drug-likeness (QED) is 0.838. The molecule has 0 saturated carbocycles. The third kappa shape index (κ3) is 6.47. The molecule has 0 bridgehead atoms. The van der Waals surface area contributed by atoms with Gasteiger partial charge in [-0.3, -0.25) is 14.5 Å². The zero-order valence-corrected chi connectivity index (χ0v) is 15.1. The van der Waals surface area contributed by atoms with Crippen molar-refractivity contribution in [3.05, 3.63) is 29.8 Å². The number of amides is 2. The Bertz CT molecular complexity index is 540. The van der Waals surface area contributed by atoms with Crippen LogP contribution in [-0.2, 0) is 16.1 Å². The molecular formula is C17H27ClN4O2. The minimum atomic E-state index is -0.136. The van der Waals surface area contributed by atoms with Gasteiger partial charge in [0.05, 0.1) is 0 Å². The molecule has 6 nitrogen and oxygen atoms in total. The Morgan fingerprint density at radius 1 is 1.17 bits per heavy atom. The molecule has 7 heteroatoms. The van der Waals surface area contributed by atoms with E-state index < -0.39 is 0 Å². The molecule has 1 aliphatic heterocycles. The number of carbonyl (C=O) groups is 2. The molecule has 1 fully saturated rings. The van der Waals surface area contributed by atoms with Gasteiger partial charge in [0.1, 0.15) is 0 Å². The van der Waals surface area contributed by atoms with Crippen LogP contribution in [0, 0.1) is 0 Å². The molecule has 0 radical (unpaired) electrons. The number of nitrogens with two attached hydrogens (primary N) is 1. The smallest absolute Gasteiger partial charge is 0.225 e. The van der Waals surface area contributed by atoms with Gasteiger partial charge in [0, 0.05) is 57.8 Å². The molecule has 134 valence electrons. The number of benzene rings is 1. The van der Waals surface area contributed by atoms with Crippen LogP contribution < -0.4 is 11.1 Å². The van der Waals surface area contributed by atoms with Crippen molar-refractivity contribution in [2.45, 2.75) is 32.9 Å². The van der Waals surface area contributed by atoms with Crippen molar-refractivity contribution < 1.29 is 9.59 Å². The summed E-state index contributed by atoms with van der Waals surface area (Å²) in [5.74, 6) is 0.0876. The van der Waals surface area contributed by atoms with E-state index in [4.69, 9.17) is 5.73 Å². The average molecular weight is 355 g/mol. The molecule has 24 heavy (non-hydrogen) atoms. The first-order valence-electron chi connectivity index (χ1n) is 8.06. The summed E-state index contributed by atoms with van der Waals surface area (Å²) >= 11 is 0. The molecule has 1 heterocycles. The first kappa shape index (κ1) is 20.4. The average Bonchev–Trinajstić information content (AvgIpc) is 2.49. The molecule has 2 amide bonds. The number of anilines is 1. The molecule has 1 aromatic carbocycles. The summed E-state index contributed by atoms with van der Waals surface area (Å²) in [6, 6.07) is 7.75. The number of hydrogen-bond acceptors (Lipinski definition) is 4. The van der Waals surface area contributed by atoms with Gasteiger partial charge in [-0.15, -0.1) is 12.4 Å². The third-order valence-electron chi connectivity index (χ3n) is 3.97. The van der Waals surface area contributed by atoms with Gasteiger partial charge in [-0.05, 0) is 24.6 Å². The van der Waals surface area contributed by atoms with Crippen molar-refractivity contribution in [3.63, 3.8) is 0 Å². The standard InChI is InChI=1S/C17H26N4O2.ClH/c1-13(18)11-17(23)19-16-5-3-15(4-6-16)12-20-7-9-21(10-8-20)14(2)22;/h3-6,13H,7-12,18H2,1-2H3,(H,19,23);1H. The Morgan fingerprint density at radius 3 is 2.25 bits per heavy atom. The minimum absolute atomic E-state index is 0. The minimum Gasteiger partial charge on any atom is -0.340 e. The zero-order chi connectivity index (χ0) is 16.8. The SMILES string of the molecule is CC(=O)N1CCN(Cc2ccc(NC(=O)CC(C)N)cc2)CC1.Cl. The lowest BCUT2D eigenvalue weighted by atomic mass is 10.1. The van der Waals surface area contributed by atoms with E-state index in [9.17, 15) is 9.59 Å². The van der Waals surface area contributed by atoms with Crippen LogP contribution in [0.25, 0.3) is 0 Å². The molecule has 1 aromatic rings. The molecule has 1 unspecified atom stereocenters. The predicted molar refractivity (Wildman–Crippen MR) is 98.1 cm³/mol. The monoisotopic (exact) mass is 354 g/mol. The molecule has 1 aliphatic rings. The second-order valence-corrected chi connectivity index (χ2v) is 6.21. The lowest BCUT2D eigenvalue weighted by Crippen LogP contribution is -2.47. The first-order valence-corrected chi connectivity index (χ1v) is 8.06. The third-order valence-corrected chi connectivity index (χ3v) is 3.97. The summed E-state index contributed by atoms with van der Waals surface area (Å²) in [5, 5.41) is 2.85. The first-order chi connectivity index (χ1) is 10.9. The summed E-state index contributed by atoms with van der Waals surface area (Å²) in [6.45, 7) is 7.67. The predicted octanol–water partition coefficient (Wildman–Crippen LogP) is 1.45. The van der Waals surface area contributed by atoms with Gasteiger partial charge < -0.3 is 16.0 Å². The lowest BCUT2D eigenvalue weighted by molar-refractivity contribution is -0.130. The van der Waals surface area contributed by atoms with E-state index in [1.807, 2.05) is 36.1 Å². The normalized spacial score (nSPS) is 16.2. The van der Waals surface area contributed by atoms with Crippen LogP contribution in [0.3, 0.4) is 0 Å². The highest BCUT2D eigenvalue weighted by Crippen LogP contribution is 2.13. The van der Waals surface area contributed by atoms with Crippen LogP contribution in [0.15, 0.2) is 24.3 Å².